The number of nitrogens with zero attached hydrogens (tertiary/aromatic N) is 1. The van der Waals surface area contributed by atoms with Crippen molar-refractivity contribution in [1.82, 2.24) is 0 Å². The number of benzene rings is 3. The van der Waals surface area contributed by atoms with Crippen molar-refractivity contribution < 1.29 is 13.2 Å². The van der Waals surface area contributed by atoms with Crippen LogP contribution in [0.5, 0.6) is 0 Å². The van der Waals surface area contributed by atoms with Crippen LogP contribution in [0, 0.1) is 13.8 Å². The third-order valence-corrected chi connectivity index (χ3v) is 7.87. The standard InChI is InChI=1S/C23H20Cl2N2O3S/c1-14-11-15(2)22(19(25)12-14)26-23(28)17-7-8-18(24)21(13-17)31(29,30)27-10-9-16-5-3-4-6-20(16)27/h3-8,11-13H,9-10H2,1-2H3,(H,26,28). The fourth-order valence-electron chi connectivity index (χ4n) is 3.78. The molecule has 0 radical (unpaired) electrons. The third kappa shape index (κ3) is 4.03. The summed E-state index contributed by atoms with van der Waals surface area (Å²) in [6.07, 6.45) is 0.623. The molecule has 0 saturated carbocycles. The number of hydrogen-bond donors (Lipinski definition) is 1. The molecular weight excluding hydrogens is 455 g/mol. The van der Waals surface area contributed by atoms with Crippen molar-refractivity contribution in [2.24, 2.45) is 0 Å². The number of amides is 1. The van der Waals surface area contributed by atoms with Gasteiger partial charge in [-0.15, -0.1) is 0 Å². The number of aryl methyl sites for hydroxylation is 2. The van der Waals surface area contributed by atoms with Gasteiger partial charge in [-0.25, -0.2) is 8.42 Å². The lowest BCUT2D eigenvalue weighted by atomic mass is 10.1. The lowest BCUT2D eigenvalue weighted by Gasteiger charge is -2.20. The van der Waals surface area contributed by atoms with E-state index in [4.69, 9.17) is 23.2 Å². The van der Waals surface area contributed by atoms with E-state index < -0.39 is 15.9 Å². The molecule has 1 heterocycles. The molecule has 0 atom stereocenters. The maximum absolute atomic E-state index is 13.4. The number of fused-ring (bicyclic) bond motifs is 1. The largest absolute Gasteiger partial charge is 0.320 e. The molecule has 1 aliphatic heterocycles. The molecule has 31 heavy (non-hydrogen) atoms. The van der Waals surface area contributed by atoms with E-state index in [2.05, 4.69) is 5.32 Å². The Morgan fingerprint density at radius 3 is 2.48 bits per heavy atom. The molecular formula is C23H20Cl2N2O3S. The normalized spacial score (nSPS) is 13.2. The van der Waals surface area contributed by atoms with Gasteiger partial charge >= 0.3 is 0 Å². The zero-order valence-electron chi connectivity index (χ0n) is 16.9. The number of sulfonamides is 1. The van der Waals surface area contributed by atoms with Crippen LogP contribution in [-0.2, 0) is 16.4 Å². The van der Waals surface area contributed by atoms with Crippen molar-refractivity contribution in [2.75, 3.05) is 16.2 Å². The summed E-state index contributed by atoms with van der Waals surface area (Å²) in [6.45, 7) is 4.08. The summed E-state index contributed by atoms with van der Waals surface area (Å²) >= 11 is 12.6. The lowest BCUT2D eigenvalue weighted by molar-refractivity contribution is 0.102. The highest BCUT2D eigenvalue weighted by atomic mass is 35.5. The van der Waals surface area contributed by atoms with Gasteiger partial charge in [0, 0.05) is 12.1 Å². The Hall–Kier alpha value is -2.54. The number of anilines is 2. The zero-order valence-corrected chi connectivity index (χ0v) is 19.3. The molecule has 0 unspecified atom stereocenters. The molecule has 0 aromatic heterocycles. The summed E-state index contributed by atoms with van der Waals surface area (Å²) in [6, 6.07) is 15.2. The van der Waals surface area contributed by atoms with Gasteiger partial charge in [0.25, 0.3) is 15.9 Å². The van der Waals surface area contributed by atoms with Gasteiger partial charge < -0.3 is 5.32 Å². The molecule has 8 heteroatoms. The Morgan fingerprint density at radius 1 is 1.00 bits per heavy atom. The first-order valence-corrected chi connectivity index (χ1v) is 11.9. The number of para-hydroxylation sites is 1. The van der Waals surface area contributed by atoms with Crippen molar-refractivity contribution in [2.45, 2.75) is 25.2 Å². The Kier molecular flexibility index (Phi) is 5.73. The summed E-state index contributed by atoms with van der Waals surface area (Å²) in [5.74, 6) is -0.469. The van der Waals surface area contributed by atoms with Crippen LogP contribution in [0.15, 0.2) is 59.5 Å². The Morgan fingerprint density at radius 2 is 1.74 bits per heavy atom. The fraction of sp³-hybridized carbons (Fsp3) is 0.174. The maximum atomic E-state index is 13.4. The fourth-order valence-corrected chi connectivity index (χ4v) is 6.15. The summed E-state index contributed by atoms with van der Waals surface area (Å²) in [4.78, 5) is 12.8. The summed E-state index contributed by atoms with van der Waals surface area (Å²) in [5.41, 5.74) is 4.05. The number of carbonyl (C=O) groups is 1. The number of hydrogen-bond acceptors (Lipinski definition) is 3. The van der Waals surface area contributed by atoms with Crippen LogP contribution in [-0.4, -0.2) is 20.9 Å². The van der Waals surface area contributed by atoms with E-state index in [1.54, 1.807) is 18.2 Å². The van der Waals surface area contributed by atoms with Crippen LogP contribution < -0.4 is 9.62 Å². The van der Waals surface area contributed by atoms with Crippen LogP contribution >= 0.6 is 23.2 Å². The van der Waals surface area contributed by atoms with Crippen LogP contribution in [0.4, 0.5) is 11.4 Å². The zero-order chi connectivity index (χ0) is 22.3. The molecule has 0 fully saturated rings. The molecule has 1 aliphatic rings. The monoisotopic (exact) mass is 474 g/mol. The SMILES string of the molecule is Cc1cc(C)c(NC(=O)c2ccc(Cl)c(S(=O)(=O)N3CCc4ccccc43)c2)c(Cl)c1. The van der Waals surface area contributed by atoms with Gasteiger partial charge in [-0.1, -0.05) is 47.5 Å². The molecule has 1 amide bonds. The molecule has 3 aromatic carbocycles. The molecule has 160 valence electrons. The van der Waals surface area contributed by atoms with Gasteiger partial charge in [0.2, 0.25) is 0 Å². The number of nitrogens with one attached hydrogen (secondary N) is 1. The van der Waals surface area contributed by atoms with Gasteiger partial charge in [0.15, 0.2) is 0 Å². The van der Waals surface area contributed by atoms with E-state index in [-0.39, 0.29) is 15.5 Å². The molecule has 0 bridgehead atoms. The molecule has 0 spiro atoms. The van der Waals surface area contributed by atoms with E-state index in [1.807, 2.05) is 32.0 Å². The predicted octanol–water partition coefficient (Wildman–Crippen LogP) is 5.61. The Balaban J connectivity index is 1.69. The van der Waals surface area contributed by atoms with Crippen molar-refractivity contribution >= 4 is 50.5 Å². The number of carbonyl (C=O) groups excluding carboxylic acids is 1. The maximum Gasteiger partial charge on any atom is 0.265 e. The molecule has 5 nitrogen and oxygen atoms in total. The Bertz CT molecular complexity index is 1280. The van der Waals surface area contributed by atoms with Crippen molar-refractivity contribution in [3.8, 4) is 0 Å². The lowest BCUT2D eigenvalue weighted by Crippen LogP contribution is -2.29. The van der Waals surface area contributed by atoms with Gasteiger partial charge in [0.05, 0.1) is 21.4 Å². The first kappa shape index (κ1) is 21.7. The van der Waals surface area contributed by atoms with Crippen molar-refractivity contribution in [3.05, 3.63) is 86.9 Å². The quantitative estimate of drug-likeness (QED) is 0.533. The van der Waals surface area contributed by atoms with Gasteiger partial charge in [-0.05, 0) is 67.3 Å². The minimum atomic E-state index is -3.94. The summed E-state index contributed by atoms with van der Waals surface area (Å²) in [7, 11) is -3.94. The van der Waals surface area contributed by atoms with Gasteiger partial charge in [-0.2, -0.15) is 0 Å². The van der Waals surface area contributed by atoms with E-state index in [0.717, 1.165) is 16.7 Å². The van der Waals surface area contributed by atoms with Crippen LogP contribution in [0.1, 0.15) is 27.0 Å². The van der Waals surface area contributed by atoms with Gasteiger partial charge in [-0.3, -0.25) is 9.10 Å². The minimum absolute atomic E-state index is 0.0606. The van der Waals surface area contributed by atoms with Crippen LogP contribution in [0.3, 0.4) is 0 Å². The highest BCUT2D eigenvalue weighted by molar-refractivity contribution is 7.93. The number of halogens is 2. The minimum Gasteiger partial charge on any atom is -0.320 e. The molecule has 3 aromatic rings. The highest BCUT2D eigenvalue weighted by Gasteiger charge is 2.32. The summed E-state index contributed by atoms with van der Waals surface area (Å²) < 4.78 is 28.1. The van der Waals surface area contributed by atoms with Crippen molar-refractivity contribution in [1.29, 1.82) is 0 Å². The second-order valence-electron chi connectivity index (χ2n) is 7.49. The first-order valence-electron chi connectivity index (χ1n) is 9.67. The molecule has 0 saturated heterocycles. The second-order valence-corrected chi connectivity index (χ2v) is 10.1. The second kappa shape index (κ2) is 8.19. The topological polar surface area (TPSA) is 66.5 Å². The predicted molar refractivity (Wildman–Crippen MR) is 125 cm³/mol. The third-order valence-electron chi connectivity index (χ3n) is 5.28. The highest BCUT2D eigenvalue weighted by Crippen LogP contribution is 2.35. The average Bonchev–Trinajstić information content (AvgIpc) is 3.15. The van der Waals surface area contributed by atoms with Crippen LogP contribution in [0.25, 0.3) is 0 Å². The first-order chi connectivity index (χ1) is 14.7. The average molecular weight is 475 g/mol. The van der Waals surface area contributed by atoms with Crippen molar-refractivity contribution in [3.63, 3.8) is 0 Å². The van der Waals surface area contributed by atoms with Gasteiger partial charge in [0.1, 0.15) is 4.90 Å². The van der Waals surface area contributed by atoms with E-state index in [0.29, 0.717) is 29.4 Å². The van der Waals surface area contributed by atoms with Crippen LogP contribution in [0.2, 0.25) is 10.0 Å². The number of rotatable bonds is 4. The molecule has 4 rings (SSSR count). The summed E-state index contributed by atoms with van der Waals surface area (Å²) in [5, 5.41) is 3.26. The smallest absolute Gasteiger partial charge is 0.265 e. The molecule has 1 N–H and O–H groups in total. The van der Waals surface area contributed by atoms with E-state index in [9.17, 15) is 13.2 Å². The molecule has 0 aliphatic carbocycles. The van der Waals surface area contributed by atoms with E-state index in [1.165, 1.54) is 22.5 Å². The van der Waals surface area contributed by atoms with E-state index >= 15 is 0 Å². The Labute approximate surface area is 191 Å².